The molecule has 0 aliphatic carbocycles. The standard InChI is InChI=1S/C30H24N2O6S/c1-19-23-16-24(31-30(33)20-9-5-3-6-10-20)27(36-2)17-25(23)32(39(34,35)22-11-7-4-8-12-22)29(19)21-13-14-26-28(15-21)38-18-37-26/h3-17H,18H2,1-2H3,(H,31,33). The molecule has 1 aliphatic heterocycles. The van der Waals surface area contributed by atoms with E-state index < -0.39 is 10.0 Å². The van der Waals surface area contributed by atoms with E-state index in [9.17, 15) is 13.2 Å². The average Bonchev–Trinajstić information content (AvgIpc) is 3.55. The van der Waals surface area contributed by atoms with Crippen LogP contribution in [0.1, 0.15) is 15.9 Å². The van der Waals surface area contributed by atoms with Gasteiger partial charge in [0.2, 0.25) is 6.79 Å². The molecule has 0 bridgehead atoms. The Bertz CT molecular complexity index is 1830. The number of methoxy groups -OCH3 is 1. The Labute approximate surface area is 225 Å². The zero-order chi connectivity index (χ0) is 27.1. The van der Waals surface area contributed by atoms with Crippen molar-refractivity contribution in [3.63, 3.8) is 0 Å². The summed E-state index contributed by atoms with van der Waals surface area (Å²) in [4.78, 5) is 13.1. The van der Waals surface area contributed by atoms with E-state index in [1.165, 1.54) is 11.1 Å². The van der Waals surface area contributed by atoms with Crippen LogP contribution in [0.3, 0.4) is 0 Å². The van der Waals surface area contributed by atoms with Crippen LogP contribution in [0.5, 0.6) is 17.2 Å². The van der Waals surface area contributed by atoms with Gasteiger partial charge in [-0.25, -0.2) is 12.4 Å². The molecule has 8 nitrogen and oxygen atoms in total. The number of amides is 1. The average molecular weight is 541 g/mol. The molecule has 2 heterocycles. The molecule has 0 saturated carbocycles. The third kappa shape index (κ3) is 4.17. The van der Waals surface area contributed by atoms with Gasteiger partial charge in [-0.3, -0.25) is 4.79 Å². The van der Waals surface area contributed by atoms with Crippen LogP contribution in [-0.4, -0.2) is 32.2 Å². The summed E-state index contributed by atoms with van der Waals surface area (Å²) < 4.78 is 46.3. The van der Waals surface area contributed by atoms with Crippen molar-refractivity contribution >= 4 is 32.5 Å². The molecule has 0 radical (unpaired) electrons. The summed E-state index contributed by atoms with van der Waals surface area (Å²) in [5.41, 5.74) is 3.15. The monoisotopic (exact) mass is 540 g/mol. The van der Waals surface area contributed by atoms with Crippen LogP contribution in [0.15, 0.2) is 95.9 Å². The highest BCUT2D eigenvalue weighted by molar-refractivity contribution is 7.90. The van der Waals surface area contributed by atoms with Gasteiger partial charge in [0.05, 0.1) is 28.9 Å². The highest BCUT2D eigenvalue weighted by Gasteiger charge is 2.29. The summed E-state index contributed by atoms with van der Waals surface area (Å²) in [6.07, 6.45) is 0. The van der Waals surface area contributed by atoms with Crippen LogP contribution in [-0.2, 0) is 10.0 Å². The first-order valence-corrected chi connectivity index (χ1v) is 13.6. The zero-order valence-corrected chi connectivity index (χ0v) is 22.0. The summed E-state index contributed by atoms with van der Waals surface area (Å²) >= 11 is 0. The van der Waals surface area contributed by atoms with Gasteiger partial charge in [-0.15, -0.1) is 0 Å². The second-order valence-electron chi connectivity index (χ2n) is 9.01. The van der Waals surface area contributed by atoms with E-state index in [2.05, 4.69) is 5.32 Å². The van der Waals surface area contributed by atoms with Crippen LogP contribution in [0.4, 0.5) is 5.69 Å². The maximum absolute atomic E-state index is 14.1. The first kappa shape index (κ1) is 24.6. The molecule has 1 amide bonds. The number of aromatic nitrogens is 1. The van der Waals surface area contributed by atoms with Crippen molar-refractivity contribution < 1.29 is 27.4 Å². The van der Waals surface area contributed by atoms with Crippen LogP contribution in [0.2, 0.25) is 0 Å². The lowest BCUT2D eigenvalue weighted by Gasteiger charge is -2.15. The van der Waals surface area contributed by atoms with Gasteiger partial charge in [-0.05, 0) is 61.0 Å². The van der Waals surface area contributed by atoms with E-state index in [-0.39, 0.29) is 17.6 Å². The molecule has 0 spiro atoms. The summed E-state index contributed by atoms with van der Waals surface area (Å²) in [7, 11) is -2.56. The Kier molecular flexibility index (Phi) is 6.00. The molecular formula is C30H24N2O6S. The maximum atomic E-state index is 14.1. The Morgan fingerprint density at radius 1 is 0.897 bits per heavy atom. The number of nitrogens with zero attached hydrogens (tertiary/aromatic N) is 1. The van der Waals surface area contributed by atoms with E-state index in [4.69, 9.17) is 14.2 Å². The number of aryl methyl sites for hydroxylation is 1. The minimum atomic E-state index is -4.04. The number of fused-ring (bicyclic) bond motifs is 2. The normalized spacial score (nSPS) is 12.5. The number of carbonyl (C=O) groups excluding carboxylic acids is 1. The zero-order valence-electron chi connectivity index (χ0n) is 21.2. The van der Waals surface area contributed by atoms with Crippen molar-refractivity contribution in [3.05, 3.63) is 102 Å². The number of nitrogens with one attached hydrogen (secondary N) is 1. The van der Waals surface area contributed by atoms with Crippen molar-refractivity contribution in [1.29, 1.82) is 0 Å². The SMILES string of the molecule is COc1cc2c(cc1NC(=O)c1ccccc1)c(C)c(-c1ccc3c(c1)OCO3)n2S(=O)(=O)c1ccccc1. The number of benzene rings is 4. The van der Waals surface area contributed by atoms with E-state index in [1.54, 1.807) is 84.9 Å². The highest BCUT2D eigenvalue weighted by Crippen LogP contribution is 2.43. The molecule has 5 aromatic rings. The fraction of sp³-hybridized carbons (Fsp3) is 0.100. The lowest BCUT2D eigenvalue weighted by atomic mass is 10.1. The van der Waals surface area contributed by atoms with Gasteiger partial charge in [0.15, 0.2) is 11.5 Å². The maximum Gasteiger partial charge on any atom is 0.268 e. The van der Waals surface area contributed by atoms with Crippen molar-refractivity contribution in [2.45, 2.75) is 11.8 Å². The molecular weight excluding hydrogens is 516 g/mol. The van der Waals surface area contributed by atoms with Crippen LogP contribution in [0, 0.1) is 6.92 Å². The number of rotatable bonds is 6. The van der Waals surface area contributed by atoms with Gasteiger partial charge in [0, 0.05) is 22.6 Å². The minimum Gasteiger partial charge on any atom is -0.494 e. The molecule has 0 atom stereocenters. The third-order valence-corrected chi connectivity index (χ3v) is 8.44. The molecule has 1 N–H and O–H groups in total. The Morgan fingerprint density at radius 3 is 2.31 bits per heavy atom. The molecule has 0 saturated heterocycles. The van der Waals surface area contributed by atoms with Crippen molar-refractivity contribution in [2.24, 2.45) is 0 Å². The van der Waals surface area contributed by atoms with E-state index >= 15 is 0 Å². The van der Waals surface area contributed by atoms with E-state index in [0.29, 0.717) is 56.2 Å². The molecule has 1 aromatic heterocycles. The quantitative estimate of drug-likeness (QED) is 0.291. The number of hydrogen-bond donors (Lipinski definition) is 1. The first-order valence-electron chi connectivity index (χ1n) is 12.2. The summed E-state index contributed by atoms with van der Waals surface area (Å²) in [5.74, 6) is 1.15. The molecule has 196 valence electrons. The van der Waals surface area contributed by atoms with Crippen molar-refractivity contribution in [3.8, 4) is 28.5 Å². The lowest BCUT2D eigenvalue weighted by Crippen LogP contribution is -2.15. The van der Waals surface area contributed by atoms with Crippen LogP contribution < -0.4 is 19.5 Å². The van der Waals surface area contributed by atoms with Gasteiger partial charge in [-0.1, -0.05) is 36.4 Å². The van der Waals surface area contributed by atoms with Gasteiger partial charge < -0.3 is 19.5 Å². The minimum absolute atomic E-state index is 0.102. The predicted octanol–water partition coefficient (Wildman–Crippen LogP) is 5.84. The number of hydrogen-bond acceptors (Lipinski definition) is 6. The number of carbonyl (C=O) groups is 1. The molecule has 0 fully saturated rings. The van der Waals surface area contributed by atoms with E-state index in [0.717, 1.165) is 0 Å². The highest BCUT2D eigenvalue weighted by atomic mass is 32.2. The van der Waals surface area contributed by atoms with Crippen molar-refractivity contribution in [2.75, 3.05) is 19.2 Å². The summed E-state index contributed by atoms with van der Waals surface area (Å²) in [6, 6.07) is 25.8. The topological polar surface area (TPSA) is 95.9 Å². The Balaban J connectivity index is 1.60. The second kappa shape index (κ2) is 9.52. The Hall–Kier alpha value is -4.76. The molecule has 39 heavy (non-hydrogen) atoms. The third-order valence-electron chi connectivity index (χ3n) is 6.71. The lowest BCUT2D eigenvalue weighted by molar-refractivity contribution is 0.102. The predicted molar refractivity (Wildman–Crippen MR) is 148 cm³/mol. The van der Waals surface area contributed by atoms with Gasteiger partial charge in [0.25, 0.3) is 15.9 Å². The smallest absolute Gasteiger partial charge is 0.268 e. The molecule has 0 unspecified atom stereocenters. The largest absolute Gasteiger partial charge is 0.494 e. The van der Waals surface area contributed by atoms with Gasteiger partial charge >= 0.3 is 0 Å². The Morgan fingerprint density at radius 2 is 1.59 bits per heavy atom. The fourth-order valence-electron chi connectivity index (χ4n) is 4.81. The van der Waals surface area contributed by atoms with E-state index in [1.807, 2.05) is 13.0 Å². The molecule has 4 aromatic carbocycles. The molecule has 9 heteroatoms. The van der Waals surface area contributed by atoms with Crippen LogP contribution >= 0.6 is 0 Å². The second-order valence-corrected chi connectivity index (χ2v) is 10.8. The fourth-order valence-corrected chi connectivity index (χ4v) is 6.42. The molecule has 6 rings (SSSR count). The summed E-state index contributed by atoms with van der Waals surface area (Å²) in [5, 5.41) is 3.56. The van der Waals surface area contributed by atoms with Crippen LogP contribution in [0.25, 0.3) is 22.2 Å². The summed E-state index contributed by atoms with van der Waals surface area (Å²) in [6.45, 7) is 1.96. The first-order chi connectivity index (χ1) is 18.9. The number of anilines is 1. The molecule has 1 aliphatic rings. The van der Waals surface area contributed by atoms with Crippen molar-refractivity contribution in [1.82, 2.24) is 3.97 Å². The van der Waals surface area contributed by atoms with Gasteiger partial charge in [0.1, 0.15) is 5.75 Å². The number of ether oxygens (including phenoxy) is 3. The van der Waals surface area contributed by atoms with Gasteiger partial charge in [-0.2, -0.15) is 0 Å².